The van der Waals surface area contributed by atoms with E-state index in [2.05, 4.69) is 179 Å². The van der Waals surface area contributed by atoms with Crippen molar-refractivity contribution in [1.82, 2.24) is 27.9 Å². The molecule has 11 rings (SSSR count). The lowest BCUT2D eigenvalue weighted by Gasteiger charge is -2.42. The lowest BCUT2D eigenvalue weighted by Crippen LogP contribution is -2.40. The standard InChI is InChI=1S/C44H34N6S/c1-43(2)29-25-27(47-35-17-9-11-19-37(35)49-33-15-7-5-13-31(33)45-41(47)49)21-23-39(29)51-40-24-22-28(26-30(40)44(43,3)4)48-36-18-10-12-20-38(36)50-34-16-8-6-14-32(34)46-42(48)50/h5-26H,1-4H3. The predicted molar refractivity (Wildman–Crippen MR) is 209 cm³/mol. The highest BCUT2D eigenvalue weighted by Crippen LogP contribution is 2.54. The zero-order chi connectivity index (χ0) is 34.2. The summed E-state index contributed by atoms with van der Waals surface area (Å²) >= 11 is 1.88. The Hall–Kier alpha value is -5.79. The van der Waals surface area contributed by atoms with E-state index in [9.17, 15) is 0 Å². The van der Waals surface area contributed by atoms with Gasteiger partial charge in [0, 0.05) is 32.0 Å². The molecule has 51 heavy (non-hydrogen) atoms. The summed E-state index contributed by atoms with van der Waals surface area (Å²) in [5.74, 6) is 1.86. The number of aromatic nitrogens is 6. The number of hydrogen-bond acceptors (Lipinski definition) is 3. The Morgan fingerprint density at radius 2 is 0.804 bits per heavy atom. The third kappa shape index (κ3) is 3.74. The van der Waals surface area contributed by atoms with Crippen LogP contribution >= 0.6 is 11.8 Å². The van der Waals surface area contributed by atoms with Crippen LogP contribution in [0, 0.1) is 0 Å². The molecule has 0 bridgehead atoms. The molecule has 7 heteroatoms. The van der Waals surface area contributed by atoms with E-state index in [1.165, 1.54) is 20.9 Å². The highest BCUT2D eigenvalue weighted by atomic mass is 32.2. The number of rotatable bonds is 2. The van der Waals surface area contributed by atoms with Crippen LogP contribution in [-0.4, -0.2) is 27.9 Å². The van der Waals surface area contributed by atoms with E-state index in [1.54, 1.807) is 0 Å². The normalized spacial score (nSPS) is 15.3. The van der Waals surface area contributed by atoms with Gasteiger partial charge in [-0.05, 0) is 96.1 Å². The monoisotopic (exact) mass is 678 g/mol. The van der Waals surface area contributed by atoms with E-state index in [0.717, 1.165) is 67.1 Å². The Labute approximate surface area is 298 Å². The van der Waals surface area contributed by atoms with Gasteiger partial charge in [-0.3, -0.25) is 17.9 Å². The second kappa shape index (κ2) is 9.92. The molecular formula is C44H34N6S. The second-order valence-corrected chi connectivity index (χ2v) is 15.9. The van der Waals surface area contributed by atoms with Crippen LogP contribution in [0.25, 0.3) is 67.1 Å². The number of para-hydroxylation sites is 8. The van der Waals surface area contributed by atoms with Crippen LogP contribution in [0.15, 0.2) is 143 Å². The van der Waals surface area contributed by atoms with Crippen molar-refractivity contribution in [1.29, 1.82) is 0 Å². The summed E-state index contributed by atoms with van der Waals surface area (Å²) in [5, 5.41) is 0. The molecule has 0 saturated carbocycles. The highest BCUT2D eigenvalue weighted by molar-refractivity contribution is 7.99. The minimum absolute atomic E-state index is 0.218. The zero-order valence-electron chi connectivity index (χ0n) is 28.8. The van der Waals surface area contributed by atoms with Gasteiger partial charge in [0.15, 0.2) is 0 Å². The maximum Gasteiger partial charge on any atom is 0.220 e. The summed E-state index contributed by atoms with van der Waals surface area (Å²) in [6.07, 6.45) is 0. The van der Waals surface area contributed by atoms with Crippen LogP contribution in [0.1, 0.15) is 38.8 Å². The molecular weight excluding hydrogens is 645 g/mol. The van der Waals surface area contributed by atoms with E-state index in [1.807, 2.05) is 11.8 Å². The minimum Gasteiger partial charge on any atom is -0.278 e. The Bertz CT molecular complexity index is 2870. The summed E-state index contributed by atoms with van der Waals surface area (Å²) in [6.45, 7) is 9.65. The maximum atomic E-state index is 5.16. The molecule has 0 spiro atoms. The number of imidazole rings is 4. The lowest BCUT2D eigenvalue weighted by atomic mass is 9.61. The fourth-order valence-corrected chi connectivity index (χ4v) is 9.83. The van der Waals surface area contributed by atoms with Gasteiger partial charge < -0.3 is 0 Å². The summed E-state index contributed by atoms with van der Waals surface area (Å²) in [4.78, 5) is 12.9. The zero-order valence-corrected chi connectivity index (χ0v) is 29.6. The molecule has 0 amide bonds. The van der Waals surface area contributed by atoms with Gasteiger partial charge in [0.25, 0.3) is 0 Å². The summed E-state index contributed by atoms with van der Waals surface area (Å²) in [5.41, 5.74) is 13.3. The molecule has 1 aliphatic heterocycles. The van der Waals surface area contributed by atoms with Gasteiger partial charge in [-0.25, -0.2) is 9.97 Å². The van der Waals surface area contributed by atoms with Gasteiger partial charge in [-0.2, -0.15) is 0 Å². The molecule has 0 fully saturated rings. The Morgan fingerprint density at radius 1 is 0.431 bits per heavy atom. The fraction of sp³-hybridized carbons (Fsp3) is 0.136. The Balaban J connectivity index is 1.10. The number of nitrogens with zero attached hydrogens (tertiary/aromatic N) is 6. The smallest absolute Gasteiger partial charge is 0.220 e. The molecule has 0 unspecified atom stereocenters. The first kappa shape index (κ1) is 29.0. The molecule has 0 aliphatic carbocycles. The minimum atomic E-state index is -0.218. The number of fused-ring (bicyclic) bond motifs is 12. The van der Waals surface area contributed by atoms with E-state index in [0.29, 0.717) is 0 Å². The summed E-state index contributed by atoms with van der Waals surface area (Å²) in [6, 6.07) is 48.1. The van der Waals surface area contributed by atoms with Crippen LogP contribution in [-0.2, 0) is 10.8 Å². The van der Waals surface area contributed by atoms with Crippen molar-refractivity contribution in [3.05, 3.63) is 145 Å². The Kier molecular flexibility index (Phi) is 5.64. The van der Waals surface area contributed by atoms with Crippen molar-refractivity contribution in [2.24, 2.45) is 0 Å². The third-order valence-electron chi connectivity index (χ3n) is 11.8. The SMILES string of the molecule is CC1(C)c2cc(-n3c4ccccc4n4c5ccccc5nc34)ccc2Sc2ccc(-n3c4ccccc4n4c5ccccc5nc34)cc2C1(C)C. The van der Waals surface area contributed by atoms with Crippen molar-refractivity contribution in [2.75, 3.05) is 0 Å². The molecule has 5 heterocycles. The molecule has 4 aromatic heterocycles. The quantitative estimate of drug-likeness (QED) is 0.183. The molecule has 0 radical (unpaired) electrons. The molecule has 0 N–H and O–H groups in total. The van der Waals surface area contributed by atoms with Crippen molar-refractivity contribution in [3.63, 3.8) is 0 Å². The summed E-state index contributed by atoms with van der Waals surface area (Å²) in [7, 11) is 0. The molecule has 6 nitrogen and oxygen atoms in total. The van der Waals surface area contributed by atoms with Crippen molar-refractivity contribution < 1.29 is 0 Å². The number of hydrogen-bond donors (Lipinski definition) is 0. The first-order chi connectivity index (χ1) is 24.8. The first-order valence-electron chi connectivity index (χ1n) is 17.5. The van der Waals surface area contributed by atoms with Crippen LogP contribution < -0.4 is 0 Å². The van der Waals surface area contributed by atoms with Crippen LogP contribution in [0.2, 0.25) is 0 Å². The molecule has 0 atom stereocenters. The van der Waals surface area contributed by atoms with Crippen molar-refractivity contribution >= 4 is 67.5 Å². The topological polar surface area (TPSA) is 44.5 Å². The lowest BCUT2D eigenvalue weighted by molar-refractivity contribution is 0.296. The van der Waals surface area contributed by atoms with E-state index in [-0.39, 0.29) is 10.8 Å². The predicted octanol–water partition coefficient (Wildman–Crippen LogP) is 10.9. The van der Waals surface area contributed by atoms with Gasteiger partial charge in [0.1, 0.15) is 0 Å². The second-order valence-electron chi connectivity index (χ2n) is 14.8. The molecule has 6 aromatic carbocycles. The van der Waals surface area contributed by atoms with Gasteiger partial charge in [-0.15, -0.1) is 0 Å². The van der Waals surface area contributed by atoms with Gasteiger partial charge in [0.2, 0.25) is 11.6 Å². The van der Waals surface area contributed by atoms with Crippen LogP contribution in [0.5, 0.6) is 0 Å². The van der Waals surface area contributed by atoms with Crippen LogP contribution in [0.3, 0.4) is 0 Å². The highest BCUT2D eigenvalue weighted by Gasteiger charge is 2.45. The van der Waals surface area contributed by atoms with Gasteiger partial charge in [-0.1, -0.05) is 88.0 Å². The average molecular weight is 679 g/mol. The maximum absolute atomic E-state index is 5.16. The fourth-order valence-electron chi connectivity index (χ4n) is 8.47. The summed E-state index contributed by atoms with van der Waals surface area (Å²) < 4.78 is 9.25. The number of benzene rings is 6. The van der Waals surface area contributed by atoms with E-state index >= 15 is 0 Å². The molecule has 10 aromatic rings. The largest absolute Gasteiger partial charge is 0.278 e. The third-order valence-corrected chi connectivity index (χ3v) is 12.9. The van der Waals surface area contributed by atoms with E-state index < -0.39 is 0 Å². The van der Waals surface area contributed by atoms with Gasteiger partial charge >= 0.3 is 0 Å². The van der Waals surface area contributed by atoms with Crippen molar-refractivity contribution in [3.8, 4) is 11.4 Å². The molecule has 0 saturated heterocycles. The first-order valence-corrected chi connectivity index (χ1v) is 18.3. The van der Waals surface area contributed by atoms with E-state index in [4.69, 9.17) is 9.97 Å². The average Bonchev–Trinajstić information content (AvgIpc) is 3.87. The Morgan fingerprint density at radius 3 is 1.24 bits per heavy atom. The molecule has 246 valence electrons. The van der Waals surface area contributed by atoms with Crippen LogP contribution in [0.4, 0.5) is 0 Å². The molecule has 1 aliphatic rings. The van der Waals surface area contributed by atoms with Gasteiger partial charge in [0.05, 0.1) is 44.1 Å². The van der Waals surface area contributed by atoms with Crippen molar-refractivity contribution in [2.45, 2.75) is 48.3 Å².